The SMILES string of the molecule is CCC(C)C(NC(=O)c1ccc(OC)cc1)c1nc(-c2ccc(Br)cc2)no1. The number of carbonyl (C=O) groups excluding carboxylic acids is 1. The Labute approximate surface area is 172 Å². The maximum atomic E-state index is 12.7. The molecule has 2 unspecified atom stereocenters. The summed E-state index contributed by atoms with van der Waals surface area (Å²) in [6, 6.07) is 14.2. The van der Waals surface area contributed by atoms with E-state index in [1.165, 1.54) is 0 Å². The zero-order valence-electron chi connectivity index (χ0n) is 16.0. The largest absolute Gasteiger partial charge is 0.497 e. The maximum absolute atomic E-state index is 12.7. The van der Waals surface area contributed by atoms with Crippen LogP contribution in [0.25, 0.3) is 11.4 Å². The highest BCUT2D eigenvalue weighted by molar-refractivity contribution is 9.10. The molecule has 0 saturated carbocycles. The first-order valence-electron chi connectivity index (χ1n) is 9.06. The summed E-state index contributed by atoms with van der Waals surface area (Å²) in [6.07, 6.45) is 0.851. The van der Waals surface area contributed by atoms with Gasteiger partial charge in [-0.2, -0.15) is 4.98 Å². The normalized spacial score (nSPS) is 13.0. The van der Waals surface area contributed by atoms with Gasteiger partial charge in [0.15, 0.2) is 0 Å². The lowest BCUT2D eigenvalue weighted by Crippen LogP contribution is -2.32. The van der Waals surface area contributed by atoms with Crippen molar-refractivity contribution in [3.63, 3.8) is 0 Å². The third kappa shape index (κ3) is 4.59. The highest BCUT2D eigenvalue weighted by Gasteiger charge is 2.27. The number of nitrogens with one attached hydrogen (secondary N) is 1. The monoisotopic (exact) mass is 443 g/mol. The van der Waals surface area contributed by atoms with Crippen LogP contribution in [0.2, 0.25) is 0 Å². The topological polar surface area (TPSA) is 77.2 Å². The molecule has 0 saturated heterocycles. The molecule has 0 fully saturated rings. The summed E-state index contributed by atoms with van der Waals surface area (Å²) < 4.78 is 11.6. The lowest BCUT2D eigenvalue weighted by Gasteiger charge is -2.20. The number of benzene rings is 2. The number of hydrogen-bond donors (Lipinski definition) is 1. The number of aromatic nitrogens is 2. The molecule has 0 aliphatic rings. The number of halogens is 1. The minimum atomic E-state index is -0.378. The van der Waals surface area contributed by atoms with Crippen LogP contribution < -0.4 is 10.1 Å². The maximum Gasteiger partial charge on any atom is 0.251 e. The van der Waals surface area contributed by atoms with Gasteiger partial charge < -0.3 is 14.6 Å². The van der Waals surface area contributed by atoms with Crippen LogP contribution in [-0.2, 0) is 0 Å². The number of rotatable bonds is 7. The summed E-state index contributed by atoms with van der Waals surface area (Å²) in [5.74, 6) is 1.52. The minimum Gasteiger partial charge on any atom is -0.497 e. The fourth-order valence-electron chi connectivity index (χ4n) is 2.73. The summed E-state index contributed by atoms with van der Waals surface area (Å²) >= 11 is 3.41. The van der Waals surface area contributed by atoms with Gasteiger partial charge in [0, 0.05) is 15.6 Å². The first kappa shape index (κ1) is 20.1. The predicted octanol–water partition coefficient (Wildman–Crippen LogP) is 5.02. The molecule has 146 valence electrons. The molecule has 28 heavy (non-hydrogen) atoms. The summed E-state index contributed by atoms with van der Waals surface area (Å²) in [4.78, 5) is 17.2. The van der Waals surface area contributed by atoms with E-state index in [0.717, 1.165) is 16.5 Å². The lowest BCUT2D eigenvalue weighted by atomic mass is 9.98. The zero-order valence-corrected chi connectivity index (χ0v) is 17.6. The Balaban J connectivity index is 1.82. The van der Waals surface area contributed by atoms with Gasteiger partial charge in [-0.25, -0.2) is 0 Å². The van der Waals surface area contributed by atoms with Gasteiger partial charge in [-0.05, 0) is 54.4 Å². The molecule has 1 heterocycles. The number of amides is 1. The average molecular weight is 444 g/mol. The zero-order chi connectivity index (χ0) is 20.1. The molecule has 0 spiro atoms. The smallest absolute Gasteiger partial charge is 0.251 e. The third-order valence-corrected chi connectivity index (χ3v) is 5.19. The quantitative estimate of drug-likeness (QED) is 0.554. The fraction of sp³-hybridized carbons (Fsp3) is 0.286. The second-order valence-electron chi connectivity index (χ2n) is 6.53. The van der Waals surface area contributed by atoms with Gasteiger partial charge in [0.2, 0.25) is 11.7 Å². The van der Waals surface area contributed by atoms with Crippen molar-refractivity contribution < 1.29 is 14.1 Å². The molecule has 0 radical (unpaired) electrons. The predicted molar refractivity (Wildman–Crippen MR) is 110 cm³/mol. The van der Waals surface area contributed by atoms with Crippen LogP contribution in [0.3, 0.4) is 0 Å². The van der Waals surface area contributed by atoms with Crippen LogP contribution in [0.4, 0.5) is 0 Å². The van der Waals surface area contributed by atoms with Gasteiger partial charge in [-0.3, -0.25) is 4.79 Å². The van der Waals surface area contributed by atoms with Crippen molar-refractivity contribution >= 4 is 21.8 Å². The van der Waals surface area contributed by atoms with Crippen molar-refractivity contribution in [2.45, 2.75) is 26.3 Å². The molecule has 0 bridgehead atoms. The van der Waals surface area contributed by atoms with E-state index in [-0.39, 0.29) is 17.9 Å². The Bertz CT molecular complexity index is 923. The molecular formula is C21H22BrN3O3. The van der Waals surface area contributed by atoms with E-state index >= 15 is 0 Å². The van der Waals surface area contributed by atoms with E-state index in [9.17, 15) is 4.79 Å². The molecule has 2 aromatic carbocycles. The van der Waals surface area contributed by atoms with Crippen molar-refractivity contribution in [2.24, 2.45) is 5.92 Å². The number of methoxy groups -OCH3 is 1. The second-order valence-corrected chi connectivity index (χ2v) is 7.44. The first-order valence-corrected chi connectivity index (χ1v) is 9.85. The molecular weight excluding hydrogens is 422 g/mol. The van der Waals surface area contributed by atoms with E-state index in [4.69, 9.17) is 9.26 Å². The van der Waals surface area contributed by atoms with Crippen LogP contribution in [0.1, 0.15) is 42.6 Å². The summed E-state index contributed by atoms with van der Waals surface area (Å²) in [5, 5.41) is 7.12. The standard InChI is InChI=1S/C21H22BrN3O3/c1-4-13(2)18(23-20(26)15-7-11-17(27-3)12-8-15)21-24-19(25-28-21)14-5-9-16(22)10-6-14/h5-13,18H,4H2,1-3H3,(H,23,26). The Kier molecular flexibility index (Phi) is 6.46. The van der Waals surface area contributed by atoms with Gasteiger partial charge >= 0.3 is 0 Å². The first-order chi connectivity index (χ1) is 13.5. The average Bonchev–Trinajstić information content (AvgIpc) is 3.21. The number of ether oxygens (including phenoxy) is 1. The van der Waals surface area contributed by atoms with Gasteiger partial charge in [0.25, 0.3) is 5.91 Å². The van der Waals surface area contributed by atoms with Gasteiger partial charge in [-0.15, -0.1) is 0 Å². The molecule has 7 heteroatoms. The molecule has 3 aromatic rings. The lowest BCUT2D eigenvalue weighted by molar-refractivity contribution is 0.0910. The van der Waals surface area contributed by atoms with E-state index in [0.29, 0.717) is 23.0 Å². The Hall–Kier alpha value is -2.67. The van der Waals surface area contributed by atoms with Gasteiger partial charge in [-0.1, -0.05) is 41.4 Å². The Morgan fingerprint density at radius 3 is 2.46 bits per heavy atom. The molecule has 1 amide bonds. The van der Waals surface area contributed by atoms with Crippen LogP contribution >= 0.6 is 15.9 Å². The van der Waals surface area contributed by atoms with E-state index in [1.54, 1.807) is 31.4 Å². The van der Waals surface area contributed by atoms with Gasteiger partial charge in [0.05, 0.1) is 7.11 Å². The van der Waals surface area contributed by atoms with Crippen molar-refractivity contribution in [3.8, 4) is 17.1 Å². The second kappa shape index (κ2) is 9.01. The molecule has 0 aliphatic heterocycles. The van der Waals surface area contributed by atoms with Gasteiger partial charge in [0.1, 0.15) is 11.8 Å². The molecule has 1 aromatic heterocycles. The highest BCUT2D eigenvalue weighted by atomic mass is 79.9. The fourth-order valence-corrected chi connectivity index (χ4v) is 2.99. The summed E-state index contributed by atoms with van der Waals surface area (Å²) in [7, 11) is 1.59. The van der Waals surface area contributed by atoms with Crippen LogP contribution in [0.15, 0.2) is 57.5 Å². The molecule has 3 rings (SSSR count). The third-order valence-electron chi connectivity index (χ3n) is 4.66. The van der Waals surface area contributed by atoms with Crippen LogP contribution in [0.5, 0.6) is 5.75 Å². The van der Waals surface area contributed by atoms with Crippen molar-refractivity contribution in [3.05, 3.63) is 64.5 Å². The van der Waals surface area contributed by atoms with Crippen molar-refractivity contribution in [1.82, 2.24) is 15.5 Å². The number of nitrogens with zero attached hydrogens (tertiary/aromatic N) is 2. The minimum absolute atomic E-state index is 0.125. The number of carbonyl (C=O) groups is 1. The van der Waals surface area contributed by atoms with Crippen LogP contribution in [-0.4, -0.2) is 23.2 Å². The summed E-state index contributed by atoms with van der Waals surface area (Å²) in [5.41, 5.74) is 1.39. The van der Waals surface area contributed by atoms with Crippen molar-refractivity contribution in [2.75, 3.05) is 7.11 Å². The van der Waals surface area contributed by atoms with E-state index < -0.39 is 0 Å². The van der Waals surface area contributed by atoms with Crippen LogP contribution in [0, 0.1) is 5.92 Å². The number of hydrogen-bond acceptors (Lipinski definition) is 5. The molecule has 2 atom stereocenters. The Morgan fingerprint density at radius 1 is 1.18 bits per heavy atom. The molecule has 0 aliphatic carbocycles. The van der Waals surface area contributed by atoms with E-state index in [2.05, 4.69) is 38.3 Å². The van der Waals surface area contributed by atoms with E-state index in [1.807, 2.05) is 31.2 Å². The molecule has 1 N–H and O–H groups in total. The summed E-state index contributed by atoms with van der Waals surface area (Å²) in [6.45, 7) is 4.10. The Morgan fingerprint density at radius 2 is 1.86 bits per heavy atom. The molecule has 6 nitrogen and oxygen atoms in total. The van der Waals surface area contributed by atoms with Crippen molar-refractivity contribution in [1.29, 1.82) is 0 Å². The highest BCUT2D eigenvalue weighted by Crippen LogP contribution is 2.27.